The van der Waals surface area contributed by atoms with Gasteiger partial charge >= 0.3 is 0 Å². The van der Waals surface area contributed by atoms with Gasteiger partial charge in [0.1, 0.15) is 0 Å². The Hall–Kier alpha value is -0.910. The van der Waals surface area contributed by atoms with Crippen LogP contribution in [-0.4, -0.2) is 56.2 Å². The van der Waals surface area contributed by atoms with Crippen molar-refractivity contribution in [1.29, 1.82) is 0 Å². The van der Waals surface area contributed by atoms with Crippen molar-refractivity contribution in [2.75, 3.05) is 33.3 Å². The van der Waals surface area contributed by atoms with E-state index in [0.717, 1.165) is 19.7 Å². The van der Waals surface area contributed by atoms with Gasteiger partial charge in [0.2, 0.25) is 5.91 Å². The van der Waals surface area contributed by atoms with Crippen molar-refractivity contribution in [2.24, 2.45) is 5.73 Å². The van der Waals surface area contributed by atoms with Crippen LogP contribution in [0.5, 0.6) is 0 Å². The highest BCUT2D eigenvalue weighted by atomic mass is 16.5. The molecule has 5 heteroatoms. The molecule has 1 rings (SSSR count). The number of ether oxygens (including phenoxy) is 1. The van der Waals surface area contributed by atoms with E-state index in [9.17, 15) is 4.79 Å². The molecule has 0 aromatic rings. The summed E-state index contributed by atoms with van der Waals surface area (Å²) in [5.41, 5.74) is 5.64. The summed E-state index contributed by atoms with van der Waals surface area (Å²) in [7, 11) is 2.04. The second-order valence-electron chi connectivity index (χ2n) is 4.13. The molecule has 1 aliphatic heterocycles. The third kappa shape index (κ3) is 4.30. The first-order chi connectivity index (χ1) is 7.63. The van der Waals surface area contributed by atoms with Gasteiger partial charge in [0.15, 0.2) is 0 Å². The largest absolute Gasteiger partial charge is 0.374 e. The van der Waals surface area contributed by atoms with E-state index in [2.05, 4.69) is 16.8 Å². The van der Waals surface area contributed by atoms with Gasteiger partial charge in [-0.1, -0.05) is 6.08 Å². The summed E-state index contributed by atoms with van der Waals surface area (Å²) in [6, 6.07) is -0.501. The number of rotatable bonds is 5. The Labute approximate surface area is 96.6 Å². The second-order valence-corrected chi connectivity index (χ2v) is 4.13. The third-order valence-electron chi connectivity index (χ3n) is 2.60. The smallest absolute Gasteiger partial charge is 0.237 e. The highest BCUT2D eigenvalue weighted by molar-refractivity contribution is 5.81. The SMILES string of the molecule is C=CCC(N)C(=O)NCC1CN(C)CCO1. The Balaban J connectivity index is 2.22. The van der Waals surface area contributed by atoms with Crippen LogP contribution in [0.4, 0.5) is 0 Å². The number of nitrogens with zero attached hydrogens (tertiary/aromatic N) is 1. The van der Waals surface area contributed by atoms with Crippen LogP contribution in [0.1, 0.15) is 6.42 Å². The predicted molar refractivity (Wildman–Crippen MR) is 63.0 cm³/mol. The number of carbonyl (C=O) groups excluding carboxylic acids is 1. The molecule has 0 spiro atoms. The van der Waals surface area contributed by atoms with Crippen molar-refractivity contribution in [3.05, 3.63) is 12.7 Å². The van der Waals surface area contributed by atoms with Gasteiger partial charge in [-0.3, -0.25) is 4.79 Å². The van der Waals surface area contributed by atoms with E-state index in [-0.39, 0.29) is 12.0 Å². The molecule has 2 atom stereocenters. The van der Waals surface area contributed by atoms with Gasteiger partial charge in [0.25, 0.3) is 0 Å². The van der Waals surface area contributed by atoms with Crippen LogP contribution in [0.2, 0.25) is 0 Å². The lowest BCUT2D eigenvalue weighted by Gasteiger charge is -2.30. The van der Waals surface area contributed by atoms with E-state index in [4.69, 9.17) is 10.5 Å². The number of hydrogen-bond acceptors (Lipinski definition) is 4. The third-order valence-corrected chi connectivity index (χ3v) is 2.60. The maximum atomic E-state index is 11.5. The lowest BCUT2D eigenvalue weighted by molar-refractivity contribution is -0.123. The van der Waals surface area contributed by atoms with Gasteiger partial charge in [-0.2, -0.15) is 0 Å². The van der Waals surface area contributed by atoms with E-state index in [0.29, 0.717) is 13.0 Å². The van der Waals surface area contributed by atoms with Crippen molar-refractivity contribution < 1.29 is 9.53 Å². The average Bonchev–Trinajstić information content (AvgIpc) is 2.26. The molecule has 3 N–H and O–H groups in total. The summed E-state index contributed by atoms with van der Waals surface area (Å²) < 4.78 is 5.52. The molecule has 1 saturated heterocycles. The summed E-state index contributed by atoms with van der Waals surface area (Å²) in [6.45, 7) is 6.58. The summed E-state index contributed by atoms with van der Waals surface area (Å²) in [6.07, 6.45) is 2.21. The van der Waals surface area contributed by atoms with Crippen LogP contribution >= 0.6 is 0 Å². The standard InChI is InChI=1S/C11H21N3O2/c1-3-4-10(12)11(15)13-7-9-8-14(2)5-6-16-9/h3,9-10H,1,4-8,12H2,2H3,(H,13,15). The zero-order valence-electron chi connectivity index (χ0n) is 9.82. The molecule has 1 heterocycles. The number of likely N-dealkylation sites (N-methyl/N-ethyl adjacent to an activating group) is 1. The van der Waals surface area contributed by atoms with Gasteiger partial charge in [-0.15, -0.1) is 6.58 Å². The summed E-state index contributed by atoms with van der Waals surface area (Å²) in [4.78, 5) is 13.7. The fourth-order valence-corrected chi connectivity index (χ4v) is 1.62. The second kappa shape index (κ2) is 6.62. The lowest BCUT2D eigenvalue weighted by atomic mass is 10.2. The summed E-state index contributed by atoms with van der Waals surface area (Å²) in [5.74, 6) is -0.142. The number of amides is 1. The Morgan fingerprint density at radius 1 is 1.81 bits per heavy atom. The zero-order chi connectivity index (χ0) is 12.0. The molecule has 16 heavy (non-hydrogen) atoms. The monoisotopic (exact) mass is 227 g/mol. The lowest BCUT2D eigenvalue weighted by Crippen LogP contribution is -2.48. The summed E-state index contributed by atoms with van der Waals surface area (Å²) >= 11 is 0. The molecular weight excluding hydrogens is 206 g/mol. The molecular formula is C11H21N3O2. The van der Waals surface area contributed by atoms with Crippen molar-refractivity contribution >= 4 is 5.91 Å². The van der Waals surface area contributed by atoms with Crippen molar-refractivity contribution in [3.8, 4) is 0 Å². The molecule has 0 aromatic carbocycles. The van der Waals surface area contributed by atoms with E-state index in [1.54, 1.807) is 6.08 Å². The highest BCUT2D eigenvalue weighted by Crippen LogP contribution is 2.01. The first-order valence-electron chi connectivity index (χ1n) is 5.57. The normalized spacial score (nSPS) is 23.8. The van der Waals surface area contributed by atoms with E-state index >= 15 is 0 Å². The zero-order valence-corrected chi connectivity index (χ0v) is 9.82. The summed E-state index contributed by atoms with van der Waals surface area (Å²) in [5, 5.41) is 2.79. The van der Waals surface area contributed by atoms with Gasteiger partial charge in [-0.05, 0) is 13.5 Å². The Kier molecular flexibility index (Phi) is 5.45. The first kappa shape index (κ1) is 13.2. The Morgan fingerprint density at radius 3 is 3.19 bits per heavy atom. The molecule has 0 aromatic heterocycles. The van der Waals surface area contributed by atoms with Gasteiger partial charge in [0.05, 0.1) is 18.8 Å². The molecule has 0 radical (unpaired) electrons. The highest BCUT2D eigenvalue weighted by Gasteiger charge is 2.19. The molecule has 92 valence electrons. The minimum atomic E-state index is -0.501. The van der Waals surface area contributed by atoms with Crippen molar-refractivity contribution in [3.63, 3.8) is 0 Å². The average molecular weight is 227 g/mol. The maximum Gasteiger partial charge on any atom is 0.237 e. The molecule has 1 aliphatic rings. The van der Waals surface area contributed by atoms with Crippen molar-refractivity contribution in [1.82, 2.24) is 10.2 Å². The Bertz CT molecular complexity index is 245. The van der Waals surface area contributed by atoms with Crippen LogP contribution in [0, 0.1) is 0 Å². The maximum absolute atomic E-state index is 11.5. The molecule has 2 unspecified atom stereocenters. The number of nitrogens with two attached hydrogens (primary N) is 1. The van der Waals surface area contributed by atoms with Crippen LogP contribution in [0.3, 0.4) is 0 Å². The topological polar surface area (TPSA) is 67.6 Å². The van der Waals surface area contributed by atoms with Crippen LogP contribution < -0.4 is 11.1 Å². The molecule has 0 saturated carbocycles. The van der Waals surface area contributed by atoms with Gasteiger partial charge < -0.3 is 20.7 Å². The number of morpholine rings is 1. The van der Waals surface area contributed by atoms with Crippen molar-refractivity contribution in [2.45, 2.75) is 18.6 Å². The Morgan fingerprint density at radius 2 is 2.56 bits per heavy atom. The minimum absolute atomic E-state index is 0.0682. The van der Waals surface area contributed by atoms with E-state index < -0.39 is 6.04 Å². The molecule has 1 amide bonds. The van der Waals surface area contributed by atoms with Crippen LogP contribution in [0.25, 0.3) is 0 Å². The molecule has 0 bridgehead atoms. The number of hydrogen-bond donors (Lipinski definition) is 2. The fourth-order valence-electron chi connectivity index (χ4n) is 1.62. The molecule has 1 fully saturated rings. The van der Waals surface area contributed by atoms with E-state index in [1.165, 1.54) is 0 Å². The minimum Gasteiger partial charge on any atom is -0.374 e. The fraction of sp³-hybridized carbons (Fsp3) is 0.727. The number of carbonyl (C=O) groups is 1. The molecule has 0 aliphatic carbocycles. The van der Waals surface area contributed by atoms with Crippen LogP contribution in [0.15, 0.2) is 12.7 Å². The number of nitrogens with one attached hydrogen (secondary N) is 1. The van der Waals surface area contributed by atoms with Crippen LogP contribution in [-0.2, 0) is 9.53 Å². The van der Waals surface area contributed by atoms with E-state index in [1.807, 2.05) is 7.05 Å². The van der Waals surface area contributed by atoms with Gasteiger partial charge in [-0.25, -0.2) is 0 Å². The molecule has 5 nitrogen and oxygen atoms in total. The first-order valence-corrected chi connectivity index (χ1v) is 5.57. The van der Waals surface area contributed by atoms with Gasteiger partial charge in [0, 0.05) is 19.6 Å². The quantitative estimate of drug-likeness (QED) is 0.612. The predicted octanol–water partition coefficient (Wildman–Crippen LogP) is -0.663.